The van der Waals surface area contributed by atoms with Gasteiger partial charge in [0.1, 0.15) is 5.52 Å². The average molecular weight is 371 g/mol. The molecule has 23 heavy (non-hydrogen) atoms. The van der Waals surface area contributed by atoms with Gasteiger partial charge in [0.2, 0.25) is 0 Å². The molecule has 0 amide bonds. The van der Waals surface area contributed by atoms with Gasteiger partial charge in [0.25, 0.3) is 0 Å². The van der Waals surface area contributed by atoms with Gasteiger partial charge in [0.15, 0.2) is 11.5 Å². The van der Waals surface area contributed by atoms with Crippen LogP contribution in [0.2, 0.25) is 15.1 Å². The number of aryl methyl sites for hydroxylation is 1. The molecule has 1 N–H and O–H groups in total. The van der Waals surface area contributed by atoms with E-state index in [1.54, 1.807) is 18.2 Å². The summed E-state index contributed by atoms with van der Waals surface area (Å²) in [6.07, 6.45) is 1.81. The number of hydrogen-bond donors (Lipinski definition) is 1. The van der Waals surface area contributed by atoms with Gasteiger partial charge in [-0.25, -0.2) is 4.98 Å². The van der Waals surface area contributed by atoms with E-state index in [4.69, 9.17) is 44.3 Å². The van der Waals surface area contributed by atoms with Gasteiger partial charge in [-0.05, 0) is 48.2 Å². The number of nitrogens with zero attached hydrogens (tertiary/aromatic N) is 1. The van der Waals surface area contributed by atoms with E-state index in [-0.39, 0.29) is 6.61 Å². The lowest BCUT2D eigenvalue weighted by Crippen LogP contribution is -1.90. The van der Waals surface area contributed by atoms with Crippen LogP contribution in [0.1, 0.15) is 23.4 Å². The molecule has 0 saturated heterocycles. The molecule has 1 aromatic heterocycles. The number of hydrogen-bond acceptors (Lipinski definition) is 3. The lowest BCUT2D eigenvalue weighted by atomic mass is 10.1. The first-order chi connectivity index (χ1) is 11.1. The molecular weight excluding hydrogens is 357 g/mol. The number of halogens is 3. The molecule has 3 nitrogen and oxygen atoms in total. The predicted octanol–water partition coefficient (Wildman–Crippen LogP) is 5.30. The second kappa shape index (κ2) is 7.10. The Labute approximate surface area is 148 Å². The van der Waals surface area contributed by atoms with E-state index in [1.807, 2.05) is 12.1 Å². The summed E-state index contributed by atoms with van der Waals surface area (Å²) in [6.45, 7) is 0.120. The summed E-state index contributed by atoms with van der Waals surface area (Å²) in [5, 5.41) is 10.8. The molecule has 1 heterocycles. The standard InChI is InChI=1S/C17H14Cl3NO2/c18-12-4-3-10(14(20)8-12)7-16-21-15-9-13(19)6-11(2-1-5-22)17(15)23-16/h3-4,6,8-9,22H,1-2,5,7H2. The fourth-order valence-electron chi connectivity index (χ4n) is 2.47. The Morgan fingerprint density at radius 3 is 2.57 bits per heavy atom. The SMILES string of the molecule is OCCCc1cc(Cl)cc2nc(Cc3ccc(Cl)cc3Cl)oc12. The Bertz CT molecular complexity index is 845. The van der Waals surface area contributed by atoms with E-state index in [9.17, 15) is 0 Å². The first kappa shape index (κ1) is 16.6. The van der Waals surface area contributed by atoms with Crippen molar-refractivity contribution in [3.63, 3.8) is 0 Å². The third kappa shape index (κ3) is 3.81. The molecule has 0 saturated carbocycles. The minimum absolute atomic E-state index is 0.120. The molecule has 0 aliphatic rings. The van der Waals surface area contributed by atoms with Crippen molar-refractivity contribution >= 4 is 45.9 Å². The lowest BCUT2D eigenvalue weighted by molar-refractivity contribution is 0.288. The van der Waals surface area contributed by atoms with E-state index in [0.717, 1.165) is 11.1 Å². The highest BCUT2D eigenvalue weighted by Crippen LogP contribution is 2.28. The minimum atomic E-state index is 0.120. The van der Waals surface area contributed by atoms with Crippen molar-refractivity contribution in [3.8, 4) is 0 Å². The maximum atomic E-state index is 9.02. The van der Waals surface area contributed by atoms with Crippen LogP contribution in [0.5, 0.6) is 0 Å². The van der Waals surface area contributed by atoms with Crippen molar-refractivity contribution in [1.82, 2.24) is 4.98 Å². The molecule has 120 valence electrons. The zero-order valence-corrected chi connectivity index (χ0v) is 14.4. The summed E-state index contributed by atoms with van der Waals surface area (Å²) in [7, 11) is 0. The molecular formula is C17H14Cl3NO2. The zero-order valence-electron chi connectivity index (χ0n) is 12.2. The summed E-state index contributed by atoms with van der Waals surface area (Å²) in [5.74, 6) is 0.566. The van der Waals surface area contributed by atoms with E-state index < -0.39 is 0 Å². The van der Waals surface area contributed by atoms with E-state index in [2.05, 4.69) is 4.98 Å². The summed E-state index contributed by atoms with van der Waals surface area (Å²) >= 11 is 18.2. The van der Waals surface area contributed by atoms with Crippen molar-refractivity contribution in [2.75, 3.05) is 6.61 Å². The average Bonchev–Trinajstić information content (AvgIpc) is 2.90. The molecule has 0 unspecified atom stereocenters. The van der Waals surface area contributed by atoms with Crippen LogP contribution in [0.4, 0.5) is 0 Å². The minimum Gasteiger partial charge on any atom is -0.440 e. The van der Waals surface area contributed by atoms with Crippen molar-refractivity contribution in [2.24, 2.45) is 0 Å². The Hall–Kier alpha value is -1.26. The van der Waals surface area contributed by atoms with Crippen LogP contribution < -0.4 is 0 Å². The molecule has 6 heteroatoms. The predicted molar refractivity (Wildman–Crippen MR) is 93.7 cm³/mol. The quantitative estimate of drug-likeness (QED) is 0.662. The number of aliphatic hydroxyl groups excluding tert-OH is 1. The largest absolute Gasteiger partial charge is 0.440 e. The van der Waals surface area contributed by atoms with Crippen LogP contribution in [0, 0.1) is 0 Å². The highest BCUT2D eigenvalue weighted by Gasteiger charge is 2.13. The van der Waals surface area contributed by atoms with Gasteiger partial charge in [-0.15, -0.1) is 0 Å². The van der Waals surface area contributed by atoms with Crippen LogP contribution in [0.3, 0.4) is 0 Å². The first-order valence-corrected chi connectivity index (χ1v) is 8.33. The highest BCUT2D eigenvalue weighted by molar-refractivity contribution is 6.35. The molecule has 0 radical (unpaired) electrons. The van der Waals surface area contributed by atoms with Gasteiger partial charge < -0.3 is 9.52 Å². The molecule has 2 aromatic carbocycles. The van der Waals surface area contributed by atoms with E-state index in [1.165, 1.54) is 0 Å². The lowest BCUT2D eigenvalue weighted by Gasteiger charge is -2.02. The number of oxazole rings is 1. The fourth-order valence-corrected chi connectivity index (χ4v) is 3.18. The molecule has 0 bridgehead atoms. The molecule has 0 aliphatic heterocycles. The number of fused-ring (bicyclic) bond motifs is 1. The molecule has 0 fully saturated rings. The molecule has 3 rings (SSSR count). The van der Waals surface area contributed by atoms with Crippen molar-refractivity contribution in [2.45, 2.75) is 19.3 Å². The van der Waals surface area contributed by atoms with Crippen LogP contribution in [-0.2, 0) is 12.8 Å². The molecule has 0 spiro atoms. The summed E-state index contributed by atoms with van der Waals surface area (Å²) in [6, 6.07) is 8.97. The summed E-state index contributed by atoms with van der Waals surface area (Å²) in [5.41, 5.74) is 3.27. The highest BCUT2D eigenvalue weighted by atomic mass is 35.5. The van der Waals surface area contributed by atoms with Gasteiger partial charge in [0, 0.05) is 21.7 Å². The second-order valence-corrected chi connectivity index (χ2v) is 6.54. The van der Waals surface area contributed by atoms with Crippen LogP contribution >= 0.6 is 34.8 Å². The first-order valence-electron chi connectivity index (χ1n) is 7.19. The maximum absolute atomic E-state index is 9.02. The summed E-state index contributed by atoms with van der Waals surface area (Å²) in [4.78, 5) is 4.50. The molecule has 0 aliphatic carbocycles. The topological polar surface area (TPSA) is 46.3 Å². The summed E-state index contributed by atoms with van der Waals surface area (Å²) < 4.78 is 5.90. The number of rotatable bonds is 5. The van der Waals surface area contributed by atoms with Gasteiger partial charge in [-0.1, -0.05) is 40.9 Å². The van der Waals surface area contributed by atoms with Crippen LogP contribution in [0.15, 0.2) is 34.7 Å². The molecule has 3 aromatic rings. The Kier molecular flexibility index (Phi) is 5.12. The fraction of sp³-hybridized carbons (Fsp3) is 0.235. The van der Waals surface area contributed by atoms with E-state index in [0.29, 0.717) is 51.3 Å². The van der Waals surface area contributed by atoms with Crippen molar-refractivity contribution < 1.29 is 9.52 Å². The normalized spacial score (nSPS) is 11.3. The zero-order chi connectivity index (χ0) is 16.4. The third-order valence-electron chi connectivity index (χ3n) is 3.54. The van der Waals surface area contributed by atoms with Crippen LogP contribution in [0.25, 0.3) is 11.1 Å². The monoisotopic (exact) mass is 369 g/mol. The number of aliphatic hydroxyl groups is 1. The van der Waals surface area contributed by atoms with Crippen molar-refractivity contribution in [1.29, 1.82) is 0 Å². The number of benzene rings is 2. The second-order valence-electron chi connectivity index (χ2n) is 5.26. The van der Waals surface area contributed by atoms with Crippen molar-refractivity contribution in [3.05, 3.63) is 62.4 Å². The molecule has 0 atom stereocenters. The Balaban J connectivity index is 1.96. The Morgan fingerprint density at radius 2 is 1.83 bits per heavy atom. The van der Waals surface area contributed by atoms with Gasteiger partial charge in [-0.3, -0.25) is 0 Å². The van der Waals surface area contributed by atoms with Crippen LogP contribution in [-0.4, -0.2) is 16.7 Å². The van der Waals surface area contributed by atoms with Gasteiger partial charge >= 0.3 is 0 Å². The van der Waals surface area contributed by atoms with E-state index >= 15 is 0 Å². The smallest absolute Gasteiger partial charge is 0.199 e. The maximum Gasteiger partial charge on any atom is 0.199 e. The van der Waals surface area contributed by atoms with Gasteiger partial charge in [0.05, 0.1) is 6.42 Å². The third-order valence-corrected chi connectivity index (χ3v) is 4.34. The Morgan fingerprint density at radius 1 is 1.00 bits per heavy atom. The number of aromatic nitrogens is 1. The van der Waals surface area contributed by atoms with Gasteiger partial charge in [-0.2, -0.15) is 0 Å².